The quantitative estimate of drug-likeness (QED) is 0.311. The summed E-state index contributed by atoms with van der Waals surface area (Å²) in [5.41, 5.74) is -1.14. The van der Waals surface area contributed by atoms with Gasteiger partial charge in [-0.15, -0.1) is 0 Å². The number of rotatable bonds is 15. The molecule has 0 saturated carbocycles. The zero-order valence-electron chi connectivity index (χ0n) is 18.8. The Kier molecular flexibility index (Phi) is 11.2. The van der Waals surface area contributed by atoms with E-state index in [1.54, 1.807) is 6.92 Å². The van der Waals surface area contributed by atoms with E-state index in [1.165, 1.54) is 19.3 Å². The van der Waals surface area contributed by atoms with Gasteiger partial charge < -0.3 is 10.2 Å². The summed E-state index contributed by atoms with van der Waals surface area (Å²) in [6.07, 6.45) is 8.38. The standard InChI is InChI=1S/C23H44O4/c1-8-9-10-11-12-15-22(7,21(26)27)23(17(2)3,18(4)5)16-13-14-19(6)20(24)25/h17-19H,8-16H2,1-7H3,(H,24,25)(H,26,27). The van der Waals surface area contributed by atoms with E-state index < -0.39 is 17.4 Å². The summed E-state index contributed by atoms with van der Waals surface area (Å²) in [4.78, 5) is 23.7. The van der Waals surface area contributed by atoms with E-state index in [9.17, 15) is 19.8 Å². The van der Waals surface area contributed by atoms with Gasteiger partial charge in [-0.05, 0) is 43.4 Å². The summed E-state index contributed by atoms with van der Waals surface area (Å²) in [7, 11) is 0. The van der Waals surface area contributed by atoms with Crippen LogP contribution in [-0.2, 0) is 9.59 Å². The van der Waals surface area contributed by atoms with Crippen molar-refractivity contribution in [2.24, 2.45) is 28.6 Å². The molecule has 0 amide bonds. The lowest BCUT2D eigenvalue weighted by Crippen LogP contribution is -2.52. The van der Waals surface area contributed by atoms with Crippen molar-refractivity contribution in [1.82, 2.24) is 0 Å². The molecule has 2 unspecified atom stereocenters. The highest BCUT2D eigenvalue weighted by Crippen LogP contribution is 2.56. The third-order valence-electron chi connectivity index (χ3n) is 6.99. The van der Waals surface area contributed by atoms with Crippen LogP contribution in [0.1, 0.15) is 106 Å². The molecule has 0 bridgehead atoms. The van der Waals surface area contributed by atoms with Crippen molar-refractivity contribution in [1.29, 1.82) is 0 Å². The molecule has 0 radical (unpaired) electrons. The number of carboxylic acids is 2. The molecule has 0 heterocycles. The third-order valence-corrected chi connectivity index (χ3v) is 6.99. The maximum Gasteiger partial charge on any atom is 0.309 e. The van der Waals surface area contributed by atoms with Crippen LogP contribution in [0.5, 0.6) is 0 Å². The Morgan fingerprint density at radius 3 is 1.74 bits per heavy atom. The molecule has 0 aromatic rings. The van der Waals surface area contributed by atoms with Gasteiger partial charge in [-0.2, -0.15) is 0 Å². The van der Waals surface area contributed by atoms with Crippen LogP contribution in [0.2, 0.25) is 0 Å². The summed E-state index contributed by atoms with van der Waals surface area (Å²) < 4.78 is 0. The maximum absolute atomic E-state index is 12.5. The minimum atomic E-state index is -0.798. The smallest absolute Gasteiger partial charge is 0.309 e. The maximum atomic E-state index is 12.5. The molecular weight excluding hydrogens is 340 g/mol. The SMILES string of the molecule is CCCCCCCC(C)(C(=O)O)C(CCCC(C)C(=O)O)(C(C)C)C(C)C. The molecule has 0 aromatic heterocycles. The topological polar surface area (TPSA) is 74.6 Å². The fraction of sp³-hybridized carbons (Fsp3) is 0.913. The molecule has 0 aliphatic heterocycles. The van der Waals surface area contributed by atoms with Crippen LogP contribution in [0.25, 0.3) is 0 Å². The van der Waals surface area contributed by atoms with Crippen LogP contribution in [0.4, 0.5) is 0 Å². The molecule has 2 N–H and O–H groups in total. The number of aliphatic carboxylic acids is 2. The average molecular weight is 385 g/mol. The summed E-state index contributed by atoms with van der Waals surface area (Å²) >= 11 is 0. The molecule has 0 aromatic carbocycles. The van der Waals surface area contributed by atoms with Crippen molar-refractivity contribution in [2.75, 3.05) is 0 Å². The highest BCUT2D eigenvalue weighted by Gasteiger charge is 2.55. The minimum Gasteiger partial charge on any atom is -0.481 e. The van der Waals surface area contributed by atoms with Gasteiger partial charge in [0.2, 0.25) is 0 Å². The highest BCUT2D eigenvalue weighted by atomic mass is 16.4. The normalized spacial score (nSPS) is 15.7. The molecule has 0 fully saturated rings. The second kappa shape index (κ2) is 11.7. The molecule has 4 nitrogen and oxygen atoms in total. The summed E-state index contributed by atoms with van der Waals surface area (Å²) in [5, 5.41) is 19.4. The Morgan fingerprint density at radius 2 is 1.33 bits per heavy atom. The lowest BCUT2D eigenvalue weighted by atomic mass is 9.50. The molecule has 160 valence electrons. The van der Waals surface area contributed by atoms with Crippen LogP contribution in [0.3, 0.4) is 0 Å². The van der Waals surface area contributed by atoms with Gasteiger partial charge in [-0.3, -0.25) is 9.59 Å². The predicted octanol–water partition coefficient (Wildman–Crippen LogP) is 6.63. The molecule has 0 spiro atoms. The predicted molar refractivity (Wildman–Crippen MR) is 112 cm³/mol. The molecule has 4 heteroatoms. The monoisotopic (exact) mass is 384 g/mol. The Bertz CT molecular complexity index is 447. The van der Waals surface area contributed by atoms with Crippen molar-refractivity contribution in [2.45, 2.75) is 106 Å². The van der Waals surface area contributed by atoms with Crippen molar-refractivity contribution in [3.05, 3.63) is 0 Å². The molecule has 27 heavy (non-hydrogen) atoms. The Hall–Kier alpha value is -1.06. The number of carbonyl (C=O) groups is 2. The van der Waals surface area contributed by atoms with E-state index in [1.807, 2.05) is 6.92 Å². The Morgan fingerprint density at radius 1 is 0.815 bits per heavy atom. The van der Waals surface area contributed by atoms with Gasteiger partial charge in [-0.1, -0.05) is 80.1 Å². The van der Waals surface area contributed by atoms with Gasteiger partial charge in [0.15, 0.2) is 0 Å². The summed E-state index contributed by atoms with van der Waals surface area (Å²) in [5.74, 6) is -1.42. The van der Waals surface area contributed by atoms with Gasteiger partial charge >= 0.3 is 11.9 Å². The van der Waals surface area contributed by atoms with E-state index >= 15 is 0 Å². The first-order chi connectivity index (χ1) is 12.5. The fourth-order valence-electron chi connectivity index (χ4n) is 5.24. The summed E-state index contributed by atoms with van der Waals surface area (Å²) in [6, 6.07) is 0. The van der Waals surface area contributed by atoms with E-state index in [-0.39, 0.29) is 23.2 Å². The lowest BCUT2D eigenvalue weighted by molar-refractivity contribution is -0.167. The highest BCUT2D eigenvalue weighted by molar-refractivity contribution is 5.75. The molecule has 0 aliphatic rings. The van der Waals surface area contributed by atoms with Crippen molar-refractivity contribution >= 4 is 11.9 Å². The van der Waals surface area contributed by atoms with Gasteiger partial charge in [0.1, 0.15) is 0 Å². The molecule has 0 aliphatic carbocycles. The van der Waals surface area contributed by atoms with E-state index in [4.69, 9.17) is 0 Å². The van der Waals surface area contributed by atoms with E-state index in [0.29, 0.717) is 12.8 Å². The molecular formula is C23H44O4. The number of carboxylic acid groups (broad SMARTS) is 2. The Balaban J connectivity index is 5.54. The summed E-state index contributed by atoms with van der Waals surface area (Å²) in [6.45, 7) is 14.4. The van der Waals surface area contributed by atoms with Crippen molar-refractivity contribution in [3.8, 4) is 0 Å². The van der Waals surface area contributed by atoms with Crippen molar-refractivity contribution in [3.63, 3.8) is 0 Å². The van der Waals surface area contributed by atoms with Crippen LogP contribution in [0.15, 0.2) is 0 Å². The first-order valence-electron chi connectivity index (χ1n) is 10.9. The largest absolute Gasteiger partial charge is 0.481 e. The number of hydrogen-bond donors (Lipinski definition) is 2. The van der Waals surface area contributed by atoms with E-state index in [2.05, 4.69) is 34.6 Å². The number of hydrogen-bond acceptors (Lipinski definition) is 2. The second-order valence-corrected chi connectivity index (χ2v) is 9.28. The first-order valence-corrected chi connectivity index (χ1v) is 10.9. The van der Waals surface area contributed by atoms with Crippen LogP contribution in [0, 0.1) is 28.6 Å². The number of unbranched alkanes of at least 4 members (excludes halogenated alkanes) is 4. The minimum absolute atomic E-state index is 0.217. The van der Waals surface area contributed by atoms with Crippen molar-refractivity contribution < 1.29 is 19.8 Å². The van der Waals surface area contributed by atoms with E-state index in [0.717, 1.165) is 25.7 Å². The molecule has 2 atom stereocenters. The van der Waals surface area contributed by atoms with Crippen LogP contribution in [-0.4, -0.2) is 22.2 Å². The van der Waals surface area contributed by atoms with Gasteiger partial charge in [0.25, 0.3) is 0 Å². The van der Waals surface area contributed by atoms with Gasteiger partial charge in [-0.25, -0.2) is 0 Å². The zero-order valence-corrected chi connectivity index (χ0v) is 18.8. The Labute approximate surface area is 167 Å². The third kappa shape index (κ3) is 6.50. The fourth-order valence-corrected chi connectivity index (χ4v) is 5.24. The van der Waals surface area contributed by atoms with Crippen LogP contribution < -0.4 is 0 Å². The lowest BCUT2D eigenvalue weighted by Gasteiger charge is -2.53. The molecule has 0 saturated heterocycles. The second-order valence-electron chi connectivity index (χ2n) is 9.28. The average Bonchev–Trinajstić information content (AvgIpc) is 2.57. The molecule has 0 rings (SSSR count). The first kappa shape index (κ1) is 25.9. The zero-order chi connectivity index (χ0) is 21.3. The van der Waals surface area contributed by atoms with Crippen LogP contribution >= 0.6 is 0 Å². The van der Waals surface area contributed by atoms with Gasteiger partial charge in [0.05, 0.1) is 11.3 Å². The van der Waals surface area contributed by atoms with Gasteiger partial charge in [0, 0.05) is 0 Å².